The largest absolute Gasteiger partial charge is 0.493 e. The van der Waals surface area contributed by atoms with Crippen molar-refractivity contribution in [1.82, 2.24) is 4.90 Å². The van der Waals surface area contributed by atoms with Crippen LogP contribution < -0.4 is 18.9 Å². The van der Waals surface area contributed by atoms with E-state index >= 15 is 4.79 Å². The molecule has 49 heavy (non-hydrogen) atoms. The molecule has 0 unspecified atom stereocenters. The van der Waals surface area contributed by atoms with Gasteiger partial charge in [-0.3, -0.25) is 4.79 Å². The number of nitrogens with zero attached hydrogens (tertiary/aromatic N) is 1. The molecule has 11 nitrogen and oxygen atoms in total. The number of carbonyl (C=O) groups is 3. The minimum atomic E-state index is -1.33. The molecule has 0 aliphatic carbocycles. The van der Waals surface area contributed by atoms with Gasteiger partial charge >= 0.3 is 12.1 Å². The normalized spacial score (nSPS) is 19.5. The molecular weight excluding hydrogens is 630 g/mol. The highest BCUT2D eigenvalue weighted by Gasteiger charge is 2.53. The van der Waals surface area contributed by atoms with Crippen LogP contribution in [0.1, 0.15) is 34.3 Å². The van der Waals surface area contributed by atoms with Gasteiger partial charge in [-0.05, 0) is 47.0 Å². The van der Waals surface area contributed by atoms with E-state index in [0.29, 0.717) is 34.1 Å². The molecule has 0 spiro atoms. The van der Waals surface area contributed by atoms with Crippen molar-refractivity contribution in [2.75, 3.05) is 34.7 Å². The highest BCUT2D eigenvalue weighted by Crippen LogP contribution is 2.50. The number of cyclic esters (lactones) is 1. The van der Waals surface area contributed by atoms with Crippen LogP contribution in [0.3, 0.4) is 0 Å². The molecule has 4 aromatic carbocycles. The van der Waals surface area contributed by atoms with Crippen LogP contribution in [0, 0.1) is 5.92 Å². The lowest BCUT2D eigenvalue weighted by molar-refractivity contribution is -0.141. The van der Waals surface area contributed by atoms with E-state index in [-0.39, 0.29) is 24.7 Å². The molecule has 0 saturated carbocycles. The van der Waals surface area contributed by atoms with Crippen molar-refractivity contribution in [3.63, 3.8) is 0 Å². The maximum atomic E-state index is 15.1. The predicted octanol–water partition coefficient (Wildman–Crippen LogP) is 5.88. The van der Waals surface area contributed by atoms with Crippen molar-refractivity contribution >= 4 is 23.7 Å². The number of benzene rings is 4. The first-order valence-corrected chi connectivity index (χ1v) is 15.6. The smallest absolute Gasteiger partial charge is 0.417 e. The molecule has 250 valence electrons. The number of amides is 2. The van der Waals surface area contributed by atoms with Crippen LogP contribution in [0.2, 0.25) is 0 Å². The second-order valence-electron chi connectivity index (χ2n) is 11.6. The van der Waals surface area contributed by atoms with Gasteiger partial charge in [-0.15, -0.1) is 0 Å². The van der Waals surface area contributed by atoms with E-state index in [9.17, 15) is 9.59 Å². The van der Waals surface area contributed by atoms with Crippen LogP contribution in [0.25, 0.3) is 5.76 Å². The molecule has 4 aromatic rings. The fourth-order valence-corrected chi connectivity index (χ4v) is 6.73. The Kier molecular flexibility index (Phi) is 8.56. The molecule has 0 radical (unpaired) electrons. The average molecular weight is 664 g/mol. The van der Waals surface area contributed by atoms with Crippen LogP contribution in [0.4, 0.5) is 4.79 Å². The maximum absolute atomic E-state index is 15.1. The van der Waals surface area contributed by atoms with Crippen LogP contribution in [0.15, 0.2) is 103 Å². The highest BCUT2D eigenvalue weighted by atomic mass is 16.7. The van der Waals surface area contributed by atoms with Crippen LogP contribution in [0.5, 0.6) is 23.0 Å². The number of fused-ring (bicyclic) bond motifs is 1. The van der Waals surface area contributed by atoms with E-state index in [0.717, 1.165) is 16.0 Å². The van der Waals surface area contributed by atoms with Gasteiger partial charge in [0.05, 0.1) is 32.9 Å². The minimum absolute atomic E-state index is 0.0420. The summed E-state index contributed by atoms with van der Waals surface area (Å²) in [5, 5.41) is 0. The van der Waals surface area contributed by atoms with E-state index in [1.54, 1.807) is 36.4 Å². The Labute approximate surface area is 282 Å². The number of hydrogen-bond acceptors (Lipinski definition) is 10. The quantitative estimate of drug-likeness (QED) is 0.201. The zero-order valence-electron chi connectivity index (χ0n) is 27.0. The monoisotopic (exact) mass is 663 g/mol. The first kappa shape index (κ1) is 31.6. The summed E-state index contributed by atoms with van der Waals surface area (Å²) < 4.78 is 39.5. The summed E-state index contributed by atoms with van der Waals surface area (Å²) in [6.45, 7) is -0.0136. The second kappa shape index (κ2) is 13.3. The molecule has 0 aromatic heterocycles. The van der Waals surface area contributed by atoms with Crippen molar-refractivity contribution < 1.29 is 47.5 Å². The molecule has 1 saturated heterocycles. The number of rotatable bonds is 9. The number of ether oxygens (including phenoxy) is 7. The molecule has 3 aliphatic rings. The van der Waals surface area contributed by atoms with E-state index in [1.807, 2.05) is 60.7 Å². The summed E-state index contributed by atoms with van der Waals surface area (Å²) in [5.41, 5.74) is 2.68. The molecule has 7 rings (SSSR count). The topological polar surface area (TPSA) is 119 Å². The molecular formula is C38H33NO10. The number of hydrogen-bond donors (Lipinski definition) is 0. The van der Waals surface area contributed by atoms with Gasteiger partial charge in [-0.2, -0.15) is 0 Å². The van der Waals surface area contributed by atoms with Crippen LogP contribution >= 0.6 is 0 Å². The van der Waals surface area contributed by atoms with Gasteiger partial charge < -0.3 is 33.2 Å². The molecule has 1 fully saturated rings. The minimum Gasteiger partial charge on any atom is -0.493 e. The Bertz CT molecular complexity index is 1890. The van der Waals surface area contributed by atoms with Crippen molar-refractivity contribution in [2.45, 2.75) is 18.1 Å². The van der Waals surface area contributed by atoms with Crippen molar-refractivity contribution in [2.24, 2.45) is 5.92 Å². The Morgan fingerprint density at radius 3 is 2.10 bits per heavy atom. The number of imide groups is 1. The van der Waals surface area contributed by atoms with Gasteiger partial charge in [-0.1, -0.05) is 66.7 Å². The molecule has 3 atom stereocenters. The lowest BCUT2D eigenvalue weighted by Crippen LogP contribution is -2.47. The van der Waals surface area contributed by atoms with Gasteiger partial charge in [0, 0.05) is 11.5 Å². The van der Waals surface area contributed by atoms with Gasteiger partial charge in [0.25, 0.3) is 0 Å². The van der Waals surface area contributed by atoms with Crippen LogP contribution in [-0.4, -0.2) is 63.6 Å². The fourth-order valence-electron chi connectivity index (χ4n) is 6.73. The van der Waals surface area contributed by atoms with Gasteiger partial charge in [0.1, 0.15) is 24.4 Å². The molecule has 2 amide bonds. The molecule has 0 N–H and O–H groups in total. The maximum Gasteiger partial charge on any atom is 0.417 e. The third kappa shape index (κ3) is 5.67. The van der Waals surface area contributed by atoms with Gasteiger partial charge in [0.15, 0.2) is 23.0 Å². The summed E-state index contributed by atoms with van der Waals surface area (Å²) in [4.78, 5) is 43.6. The Morgan fingerprint density at radius 2 is 1.45 bits per heavy atom. The van der Waals surface area contributed by atoms with Crippen LogP contribution in [-0.2, 0) is 23.8 Å². The Morgan fingerprint density at radius 1 is 0.776 bits per heavy atom. The van der Waals surface area contributed by atoms with Crippen molar-refractivity contribution in [3.05, 3.63) is 125 Å². The zero-order chi connectivity index (χ0) is 34.1. The van der Waals surface area contributed by atoms with Crippen molar-refractivity contribution in [3.8, 4) is 23.0 Å². The van der Waals surface area contributed by atoms with Gasteiger partial charge in [0.2, 0.25) is 12.7 Å². The Balaban J connectivity index is 1.38. The first-order chi connectivity index (χ1) is 23.9. The lowest BCUT2D eigenvalue weighted by Gasteiger charge is -2.31. The fraction of sp³-hybridized carbons (Fsp3) is 0.237. The summed E-state index contributed by atoms with van der Waals surface area (Å²) in [6.07, 6.45) is -1.90. The summed E-state index contributed by atoms with van der Waals surface area (Å²) in [5.74, 6) is -1.30. The van der Waals surface area contributed by atoms with Crippen molar-refractivity contribution in [1.29, 1.82) is 0 Å². The van der Waals surface area contributed by atoms with E-state index in [2.05, 4.69) is 0 Å². The molecule has 11 heteroatoms. The second-order valence-corrected chi connectivity index (χ2v) is 11.6. The summed E-state index contributed by atoms with van der Waals surface area (Å²) in [7, 11) is 4.24. The lowest BCUT2D eigenvalue weighted by atomic mass is 9.83. The average Bonchev–Trinajstić information content (AvgIpc) is 3.88. The first-order valence-electron chi connectivity index (χ1n) is 15.6. The SMILES string of the molecule is COC(=O)C1=C(c2ccc3c(c2)OCO3)O[C@@H](c2ccc(OC)c(OC)c2)[C@@H]1C(=O)N1C(=O)OC[C@@H]1C(c1ccccc1)c1ccccc1. The zero-order valence-corrected chi connectivity index (χ0v) is 27.0. The molecule has 3 aliphatic heterocycles. The third-order valence-electron chi connectivity index (χ3n) is 8.99. The Hall–Kier alpha value is -5.97. The number of methoxy groups -OCH3 is 3. The predicted molar refractivity (Wildman–Crippen MR) is 175 cm³/mol. The third-order valence-corrected chi connectivity index (χ3v) is 8.99. The summed E-state index contributed by atoms with van der Waals surface area (Å²) in [6, 6.07) is 28.6. The molecule has 0 bridgehead atoms. The van der Waals surface area contributed by atoms with E-state index in [4.69, 9.17) is 33.2 Å². The highest BCUT2D eigenvalue weighted by molar-refractivity contribution is 6.07. The van der Waals surface area contributed by atoms with E-state index in [1.165, 1.54) is 21.3 Å². The molecule has 3 heterocycles. The standard InChI is InChI=1S/C38H33NO10/c1-43-27-16-14-24(18-29(27)44-2)34-32(33(37(41)45-3)35(49-34)25-15-17-28-30(19-25)48-21-47-28)36(40)39-26(20-46-38(39)42)31(22-10-6-4-7-11-22)23-12-8-5-9-13-23/h4-19,26,31-32,34H,20-21H2,1-3H3/t26-,32-,34+/m1/s1. The number of carbonyl (C=O) groups excluding carboxylic acids is 3. The summed E-state index contributed by atoms with van der Waals surface area (Å²) >= 11 is 0. The van der Waals surface area contributed by atoms with Gasteiger partial charge in [-0.25, -0.2) is 14.5 Å². The van der Waals surface area contributed by atoms with E-state index < -0.39 is 42.0 Å². The number of esters is 1.